The predicted molar refractivity (Wildman–Crippen MR) is 113 cm³/mol. The Hall–Kier alpha value is -1.71. The molecule has 1 N–H and O–H groups in total. The summed E-state index contributed by atoms with van der Waals surface area (Å²) in [5.74, 6) is 0.971. The number of carbonyl (C=O) groups is 1. The maximum atomic E-state index is 15.2. The summed E-state index contributed by atoms with van der Waals surface area (Å²) >= 11 is 4.74. The number of hydrogen-bond donors (Lipinski definition) is 1. The van der Waals surface area contributed by atoms with Crippen LogP contribution in [-0.4, -0.2) is 54.3 Å². The van der Waals surface area contributed by atoms with Crippen molar-refractivity contribution in [3.63, 3.8) is 0 Å². The number of nitrogens with one attached hydrogen (secondary N) is 1. The summed E-state index contributed by atoms with van der Waals surface area (Å²) in [4.78, 5) is 19.5. The first-order chi connectivity index (χ1) is 14.0. The Bertz CT molecular complexity index is 882. The lowest BCUT2D eigenvalue weighted by Gasteiger charge is -2.36. The van der Waals surface area contributed by atoms with Crippen molar-refractivity contribution in [2.24, 2.45) is 0 Å². The van der Waals surface area contributed by atoms with Crippen LogP contribution >= 0.6 is 27.3 Å². The molecule has 1 amide bonds. The number of likely N-dealkylation sites (tertiary alicyclic amines) is 1. The van der Waals surface area contributed by atoms with Crippen LogP contribution in [0.3, 0.4) is 0 Å². The van der Waals surface area contributed by atoms with E-state index < -0.39 is 5.67 Å². The highest BCUT2D eigenvalue weighted by Crippen LogP contribution is 2.47. The molecule has 29 heavy (non-hydrogen) atoms. The van der Waals surface area contributed by atoms with E-state index >= 15 is 4.39 Å². The molecule has 156 valence electrons. The van der Waals surface area contributed by atoms with E-state index in [1.54, 1.807) is 4.90 Å². The van der Waals surface area contributed by atoms with Gasteiger partial charge in [-0.25, -0.2) is 4.39 Å². The van der Waals surface area contributed by atoms with E-state index in [-0.39, 0.29) is 12.5 Å². The van der Waals surface area contributed by atoms with Crippen molar-refractivity contribution in [1.82, 2.24) is 15.2 Å². The molecule has 0 aliphatic carbocycles. The molecule has 0 unspecified atom stereocenters. The monoisotopic (exact) mass is 483 g/mol. The number of pyridine rings is 1. The van der Waals surface area contributed by atoms with Crippen LogP contribution in [0.15, 0.2) is 22.1 Å². The van der Waals surface area contributed by atoms with Crippen LogP contribution in [0.2, 0.25) is 0 Å². The summed E-state index contributed by atoms with van der Waals surface area (Å²) in [6.45, 7) is 4.42. The first kappa shape index (κ1) is 20.6. The molecule has 0 spiro atoms. The van der Waals surface area contributed by atoms with E-state index in [0.717, 1.165) is 15.0 Å². The number of carbonyl (C=O) groups excluding carboxylic acids is 1. The van der Waals surface area contributed by atoms with Crippen molar-refractivity contribution in [2.75, 3.05) is 32.8 Å². The van der Waals surface area contributed by atoms with Gasteiger partial charge < -0.3 is 19.7 Å². The Kier molecular flexibility index (Phi) is 6.08. The number of ether oxygens (including phenoxy) is 2. The van der Waals surface area contributed by atoms with Crippen LogP contribution in [-0.2, 0) is 6.54 Å². The second-order valence-electron chi connectivity index (χ2n) is 7.43. The summed E-state index contributed by atoms with van der Waals surface area (Å²) in [6, 6.07) is 3.94. The number of aryl methyl sites for hydroxylation is 1. The lowest BCUT2D eigenvalue weighted by Crippen LogP contribution is -2.48. The highest BCUT2D eigenvalue weighted by atomic mass is 79.9. The highest BCUT2D eigenvalue weighted by Gasteiger charge is 2.38. The summed E-state index contributed by atoms with van der Waals surface area (Å²) in [7, 11) is 0. The van der Waals surface area contributed by atoms with Gasteiger partial charge >= 0.3 is 0 Å². The molecule has 9 heteroatoms. The van der Waals surface area contributed by atoms with Crippen LogP contribution in [0, 0.1) is 6.92 Å². The van der Waals surface area contributed by atoms with Gasteiger partial charge in [0.1, 0.15) is 27.5 Å². The smallest absolute Gasteiger partial charge is 0.267 e. The predicted octanol–water partition coefficient (Wildman–Crippen LogP) is 3.72. The number of rotatable bonds is 5. The van der Waals surface area contributed by atoms with Crippen molar-refractivity contribution in [2.45, 2.75) is 32.0 Å². The lowest BCUT2D eigenvalue weighted by atomic mass is 9.93. The first-order valence-electron chi connectivity index (χ1n) is 9.63. The molecule has 2 aliphatic heterocycles. The Morgan fingerprint density at radius 2 is 2.03 bits per heavy atom. The topological polar surface area (TPSA) is 63.7 Å². The number of thiophene rings is 1. The molecule has 4 heterocycles. The molecule has 0 aromatic carbocycles. The quantitative estimate of drug-likeness (QED) is 0.701. The van der Waals surface area contributed by atoms with Gasteiger partial charge in [0.2, 0.25) is 0 Å². The number of amides is 1. The highest BCUT2D eigenvalue weighted by molar-refractivity contribution is 9.11. The van der Waals surface area contributed by atoms with E-state index in [1.807, 2.05) is 25.3 Å². The van der Waals surface area contributed by atoms with E-state index in [4.69, 9.17) is 9.47 Å². The second kappa shape index (κ2) is 8.57. The molecular weight excluding hydrogens is 461 g/mol. The minimum absolute atomic E-state index is 0.124. The van der Waals surface area contributed by atoms with Gasteiger partial charge in [-0.2, -0.15) is 0 Å². The fraction of sp³-hybridized carbons (Fsp3) is 0.500. The van der Waals surface area contributed by atoms with Gasteiger partial charge in [-0.15, -0.1) is 11.3 Å². The Morgan fingerprint density at radius 3 is 2.72 bits per heavy atom. The number of halogens is 2. The summed E-state index contributed by atoms with van der Waals surface area (Å²) in [5, 5.41) is 3.17. The van der Waals surface area contributed by atoms with Gasteiger partial charge in [-0.1, -0.05) is 6.07 Å². The Balaban J connectivity index is 1.31. The lowest BCUT2D eigenvalue weighted by molar-refractivity contribution is 0.0433. The molecule has 1 saturated heterocycles. The van der Waals surface area contributed by atoms with Gasteiger partial charge in [0.05, 0.1) is 5.69 Å². The van der Waals surface area contributed by atoms with Crippen LogP contribution in [0.1, 0.15) is 33.8 Å². The standard InChI is InChI=1S/C20H23BrFN3O3S/c1-13-2-3-14(24-10-13)11-23-12-20(22)4-6-25(7-5-20)19(26)17-15-16(18(21)29-17)28-9-8-27-15/h2-3,10,23H,4-9,11-12H2,1H3. The summed E-state index contributed by atoms with van der Waals surface area (Å²) in [6.07, 6.45) is 2.42. The van der Waals surface area contributed by atoms with Crippen molar-refractivity contribution in [1.29, 1.82) is 0 Å². The fourth-order valence-corrected chi connectivity index (χ4v) is 5.17. The summed E-state index contributed by atoms with van der Waals surface area (Å²) < 4.78 is 27.2. The average molecular weight is 484 g/mol. The molecule has 0 atom stereocenters. The minimum atomic E-state index is -1.32. The fourth-order valence-electron chi connectivity index (χ4n) is 3.50. The number of alkyl halides is 1. The summed E-state index contributed by atoms with van der Waals surface area (Å²) in [5.41, 5.74) is 0.669. The van der Waals surface area contributed by atoms with Gasteiger partial charge in [0.25, 0.3) is 5.91 Å². The van der Waals surface area contributed by atoms with Gasteiger partial charge in [0.15, 0.2) is 11.5 Å². The van der Waals surface area contributed by atoms with Crippen molar-refractivity contribution in [3.05, 3.63) is 38.3 Å². The third-order valence-corrected chi connectivity index (χ3v) is 6.99. The molecule has 0 radical (unpaired) electrons. The largest absolute Gasteiger partial charge is 0.484 e. The number of hydrogen-bond acceptors (Lipinski definition) is 6. The maximum Gasteiger partial charge on any atom is 0.267 e. The number of fused-ring (bicyclic) bond motifs is 1. The normalized spacial score (nSPS) is 18.0. The van der Waals surface area contributed by atoms with Gasteiger partial charge in [-0.05, 0) is 34.5 Å². The first-order valence-corrected chi connectivity index (χ1v) is 11.2. The van der Waals surface area contributed by atoms with Crippen molar-refractivity contribution in [3.8, 4) is 11.5 Å². The van der Waals surface area contributed by atoms with E-state index in [0.29, 0.717) is 62.1 Å². The molecule has 0 saturated carbocycles. The van der Waals surface area contributed by atoms with Gasteiger partial charge in [0, 0.05) is 45.2 Å². The van der Waals surface area contributed by atoms with Crippen LogP contribution in [0.5, 0.6) is 11.5 Å². The second-order valence-corrected chi connectivity index (χ2v) is 9.77. The van der Waals surface area contributed by atoms with Crippen LogP contribution < -0.4 is 14.8 Å². The number of nitrogens with zero attached hydrogens (tertiary/aromatic N) is 2. The zero-order valence-electron chi connectivity index (χ0n) is 16.2. The SMILES string of the molecule is Cc1ccc(CNCC2(F)CCN(C(=O)c3sc(Br)c4c3OCCO4)CC2)nc1. The third kappa shape index (κ3) is 4.57. The van der Waals surface area contributed by atoms with Crippen molar-refractivity contribution < 1.29 is 18.7 Å². The van der Waals surface area contributed by atoms with Crippen molar-refractivity contribution >= 4 is 33.2 Å². The molecule has 2 aromatic heterocycles. The molecule has 4 rings (SSSR count). The molecule has 1 fully saturated rings. The Labute approximate surface area is 181 Å². The van der Waals surface area contributed by atoms with Crippen LogP contribution in [0.25, 0.3) is 0 Å². The van der Waals surface area contributed by atoms with Gasteiger partial charge in [-0.3, -0.25) is 9.78 Å². The average Bonchev–Trinajstić information content (AvgIpc) is 3.06. The van der Waals surface area contributed by atoms with Crippen LogP contribution in [0.4, 0.5) is 4.39 Å². The molecule has 2 aliphatic rings. The van der Waals surface area contributed by atoms with E-state index in [9.17, 15) is 4.79 Å². The van der Waals surface area contributed by atoms with E-state index in [1.165, 1.54) is 11.3 Å². The molecule has 6 nitrogen and oxygen atoms in total. The number of piperidine rings is 1. The molecule has 2 aromatic rings. The zero-order chi connectivity index (χ0) is 20.4. The Morgan fingerprint density at radius 1 is 1.31 bits per heavy atom. The number of aromatic nitrogens is 1. The minimum Gasteiger partial charge on any atom is -0.484 e. The molecular formula is C20H23BrFN3O3S. The zero-order valence-corrected chi connectivity index (χ0v) is 18.6. The third-order valence-electron chi connectivity index (χ3n) is 5.22. The molecule has 0 bridgehead atoms. The maximum absolute atomic E-state index is 15.2. The van der Waals surface area contributed by atoms with E-state index in [2.05, 4.69) is 26.2 Å².